The van der Waals surface area contributed by atoms with Crippen LogP contribution in [-0.4, -0.2) is 35.4 Å². The summed E-state index contributed by atoms with van der Waals surface area (Å²) in [7, 11) is 0. The Bertz CT molecular complexity index is 883. The summed E-state index contributed by atoms with van der Waals surface area (Å²) in [5, 5.41) is 3.75. The predicted molar refractivity (Wildman–Crippen MR) is 123 cm³/mol. The third-order valence-electron chi connectivity index (χ3n) is 5.78. The van der Waals surface area contributed by atoms with Crippen LogP contribution in [0.15, 0.2) is 48.5 Å². The van der Waals surface area contributed by atoms with Gasteiger partial charge in [-0.2, -0.15) is 0 Å². The first-order chi connectivity index (χ1) is 15.5. The molecular weight excluding hydrogens is 431 g/mol. The van der Waals surface area contributed by atoms with Crippen LogP contribution in [0, 0.1) is 5.82 Å². The van der Waals surface area contributed by atoms with E-state index in [0.29, 0.717) is 17.2 Å². The zero-order valence-corrected chi connectivity index (χ0v) is 19.1. The number of carbonyl (C=O) groups is 2. The molecule has 0 bridgehead atoms. The summed E-state index contributed by atoms with van der Waals surface area (Å²) in [6.07, 6.45) is 5.85. The molecule has 2 aromatic carbocycles. The normalized spacial score (nSPS) is 15.1. The molecule has 1 atom stereocenters. The van der Waals surface area contributed by atoms with Crippen LogP contribution in [0.1, 0.15) is 51.0 Å². The first-order valence-electron chi connectivity index (χ1n) is 11.2. The van der Waals surface area contributed by atoms with Crippen molar-refractivity contribution in [3.63, 3.8) is 0 Å². The van der Waals surface area contributed by atoms with E-state index in [1.807, 2.05) is 19.1 Å². The third-order valence-corrected chi connectivity index (χ3v) is 6.03. The Balaban J connectivity index is 1.73. The van der Waals surface area contributed by atoms with Gasteiger partial charge in [-0.25, -0.2) is 4.39 Å². The van der Waals surface area contributed by atoms with Gasteiger partial charge in [-0.3, -0.25) is 9.59 Å². The summed E-state index contributed by atoms with van der Waals surface area (Å²) in [4.78, 5) is 27.9. The summed E-state index contributed by atoms with van der Waals surface area (Å²) in [5.74, 6) is -0.428. The molecule has 2 aromatic rings. The Morgan fingerprint density at radius 3 is 2.38 bits per heavy atom. The minimum atomic E-state index is -0.614. The number of nitrogens with one attached hydrogen (secondary N) is 1. The van der Waals surface area contributed by atoms with E-state index in [2.05, 4.69) is 5.32 Å². The smallest absolute Gasteiger partial charge is 0.261 e. The summed E-state index contributed by atoms with van der Waals surface area (Å²) < 4.78 is 18.7. The molecule has 0 spiro atoms. The molecule has 1 saturated carbocycles. The molecule has 0 aromatic heterocycles. The van der Waals surface area contributed by atoms with E-state index in [4.69, 9.17) is 16.3 Å². The number of benzene rings is 2. The Labute approximate surface area is 193 Å². The summed E-state index contributed by atoms with van der Waals surface area (Å²) in [6.45, 7) is 1.92. The van der Waals surface area contributed by atoms with Crippen molar-refractivity contribution in [2.75, 3.05) is 6.61 Å². The fraction of sp³-hybridized carbons (Fsp3) is 0.440. The molecule has 7 heteroatoms. The average molecular weight is 461 g/mol. The Kier molecular flexibility index (Phi) is 8.91. The van der Waals surface area contributed by atoms with Crippen LogP contribution in [0.5, 0.6) is 5.75 Å². The second kappa shape index (κ2) is 11.9. The fourth-order valence-electron chi connectivity index (χ4n) is 4.01. The minimum absolute atomic E-state index is 0.136. The first-order valence-corrected chi connectivity index (χ1v) is 11.6. The number of rotatable bonds is 9. The zero-order chi connectivity index (χ0) is 22.9. The van der Waals surface area contributed by atoms with Crippen LogP contribution in [0.2, 0.25) is 5.02 Å². The van der Waals surface area contributed by atoms with E-state index >= 15 is 0 Å². The number of hydrogen-bond acceptors (Lipinski definition) is 3. The summed E-state index contributed by atoms with van der Waals surface area (Å²) >= 11 is 6.00. The number of ether oxygens (including phenoxy) is 1. The van der Waals surface area contributed by atoms with Gasteiger partial charge in [0.15, 0.2) is 6.61 Å². The highest BCUT2D eigenvalue weighted by molar-refractivity contribution is 6.30. The van der Waals surface area contributed by atoms with Gasteiger partial charge in [0, 0.05) is 17.6 Å². The van der Waals surface area contributed by atoms with Gasteiger partial charge in [0.2, 0.25) is 5.91 Å². The lowest BCUT2D eigenvalue weighted by molar-refractivity contribution is -0.143. The summed E-state index contributed by atoms with van der Waals surface area (Å²) in [6, 6.07) is 12.2. The zero-order valence-electron chi connectivity index (χ0n) is 18.4. The molecule has 0 heterocycles. The van der Waals surface area contributed by atoms with E-state index in [1.165, 1.54) is 30.7 Å². The van der Waals surface area contributed by atoms with Gasteiger partial charge < -0.3 is 15.0 Å². The lowest BCUT2D eigenvalue weighted by Crippen LogP contribution is -2.52. The molecule has 172 valence electrons. The van der Waals surface area contributed by atoms with Gasteiger partial charge in [-0.05, 0) is 61.2 Å². The van der Waals surface area contributed by atoms with Gasteiger partial charge in [0.05, 0.1) is 0 Å². The molecular formula is C25H30ClFN2O3. The Morgan fingerprint density at radius 2 is 1.75 bits per heavy atom. The highest BCUT2D eigenvalue weighted by Gasteiger charge is 2.30. The second-order valence-electron chi connectivity index (χ2n) is 8.16. The van der Waals surface area contributed by atoms with Crippen molar-refractivity contribution in [1.82, 2.24) is 10.2 Å². The van der Waals surface area contributed by atoms with Gasteiger partial charge in [0.25, 0.3) is 5.91 Å². The van der Waals surface area contributed by atoms with Gasteiger partial charge in [0.1, 0.15) is 17.6 Å². The maximum atomic E-state index is 13.2. The highest BCUT2D eigenvalue weighted by atomic mass is 35.5. The largest absolute Gasteiger partial charge is 0.484 e. The topological polar surface area (TPSA) is 58.6 Å². The van der Waals surface area contributed by atoms with Crippen molar-refractivity contribution >= 4 is 23.4 Å². The standard InChI is InChI=1S/C25H30ClFN2O3/c1-2-23(25(31)28-21-6-4-3-5-7-21)29(16-18-8-10-19(26)11-9-18)24(30)17-32-22-14-12-20(27)13-15-22/h8-15,21,23H,2-7,16-17H2,1H3,(H,28,31)/t23-/m1/s1. The number of halogens is 2. The van der Waals surface area contributed by atoms with Crippen LogP contribution >= 0.6 is 11.6 Å². The van der Waals surface area contributed by atoms with E-state index in [0.717, 1.165) is 31.2 Å². The Hall–Kier alpha value is -2.60. The SMILES string of the molecule is CC[C@H](C(=O)NC1CCCCC1)N(Cc1ccc(Cl)cc1)C(=O)COc1ccc(F)cc1. The molecule has 2 amide bonds. The number of nitrogens with zero attached hydrogens (tertiary/aromatic N) is 1. The first kappa shape index (κ1) is 24.1. The third kappa shape index (κ3) is 6.95. The molecule has 0 saturated heterocycles. The van der Waals surface area contributed by atoms with E-state index in [1.54, 1.807) is 17.0 Å². The van der Waals surface area contributed by atoms with Crippen LogP contribution in [-0.2, 0) is 16.1 Å². The lowest BCUT2D eigenvalue weighted by atomic mass is 9.95. The predicted octanol–water partition coefficient (Wildman–Crippen LogP) is 5.11. The quantitative estimate of drug-likeness (QED) is 0.565. The molecule has 1 N–H and O–H groups in total. The molecule has 32 heavy (non-hydrogen) atoms. The van der Waals surface area contributed by atoms with Crippen molar-refractivity contribution in [2.24, 2.45) is 0 Å². The second-order valence-corrected chi connectivity index (χ2v) is 8.59. The average Bonchev–Trinajstić information content (AvgIpc) is 2.80. The van der Waals surface area contributed by atoms with Crippen LogP contribution in [0.4, 0.5) is 4.39 Å². The van der Waals surface area contributed by atoms with Crippen LogP contribution in [0.3, 0.4) is 0 Å². The van der Waals surface area contributed by atoms with Crippen molar-refractivity contribution in [3.05, 3.63) is 64.9 Å². The lowest BCUT2D eigenvalue weighted by Gasteiger charge is -2.32. The van der Waals surface area contributed by atoms with Gasteiger partial charge in [-0.15, -0.1) is 0 Å². The minimum Gasteiger partial charge on any atom is -0.484 e. The van der Waals surface area contributed by atoms with Crippen molar-refractivity contribution in [3.8, 4) is 5.75 Å². The van der Waals surface area contributed by atoms with Crippen molar-refractivity contribution in [1.29, 1.82) is 0 Å². The van der Waals surface area contributed by atoms with E-state index < -0.39 is 6.04 Å². The molecule has 1 aliphatic carbocycles. The molecule has 3 rings (SSSR count). The molecule has 1 fully saturated rings. The Morgan fingerprint density at radius 1 is 1.09 bits per heavy atom. The van der Waals surface area contributed by atoms with Crippen molar-refractivity contribution in [2.45, 2.75) is 64.1 Å². The van der Waals surface area contributed by atoms with Gasteiger partial charge in [-0.1, -0.05) is 49.9 Å². The monoisotopic (exact) mass is 460 g/mol. The molecule has 0 aliphatic heterocycles. The summed E-state index contributed by atoms with van der Waals surface area (Å²) in [5.41, 5.74) is 0.869. The van der Waals surface area contributed by atoms with Crippen LogP contribution < -0.4 is 10.1 Å². The molecule has 0 unspecified atom stereocenters. The van der Waals surface area contributed by atoms with Gasteiger partial charge >= 0.3 is 0 Å². The van der Waals surface area contributed by atoms with E-state index in [-0.39, 0.29) is 36.8 Å². The fourth-order valence-corrected chi connectivity index (χ4v) is 4.14. The van der Waals surface area contributed by atoms with Crippen molar-refractivity contribution < 1.29 is 18.7 Å². The number of hydrogen-bond donors (Lipinski definition) is 1. The van der Waals surface area contributed by atoms with Crippen LogP contribution in [0.25, 0.3) is 0 Å². The molecule has 1 aliphatic rings. The molecule has 0 radical (unpaired) electrons. The number of amides is 2. The molecule has 5 nitrogen and oxygen atoms in total. The maximum Gasteiger partial charge on any atom is 0.261 e. The highest BCUT2D eigenvalue weighted by Crippen LogP contribution is 2.20. The maximum absolute atomic E-state index is 13.2. The van der Waals surface area contributed by atoms with E-state index in [9.17, 15) is 14.0 Å². The number of carbonyl (C=O) groups excluding carboxylic acids is 2.